The number of hydrogen-bond donors (Lipinski definition) is 0. The van der Waals surface area contributed by atoms with Gasteiger partial charge in [-0.1, -0.05) is 24.3 Å². The summed E-state index contributed by atoms with van der Waals surface area (Å²) < 4.78 is 47.0. The van der Waals surface area contributed by atoms with Crippen LogP contribution in [-0.4, -0.2) is 37.7 Å². The molecule has 0 aromatic heterocycles. The number of sulfonamides is 1. The van der Waals surface area contributed by atoms with Gasteiger partial charge in [0.15, 0.2) is 5.84 Å². The number of hydrogen-bond acceptors (Lipinski definition) is 5. The molecule has 0 bridgehead atoms. The molecule has 0 spiro atoms. The van der Waals surface area contributed by atoms with Gasteiger partial charge in [-0.3, -0.25) is 0 Å². The zero-order valence-electron chi connectivity index (χ0n) is 14.3. The molecule has 6 nitrogen and oxygen atoms in total. The number of carbonyl (C=O) groups excluding carboxylic acids is 1. The molecule has 2 aliphatic heterocycles. The van der Waals surface area contributed by atoms with Crippen LogP contribution in [0.25, 0.3) is 0 Å². The summed E-state index contributed by atoms with van der Waals surface area (Å²) in [5, 5.41) is 0. The van der Waals surface area contributed by atoms with Crippen molar-refractivity contribution in [1.82, 2.24) is 4.90 Å². The Labute approximate surface area is 156 Å². The van der Waals surface area contributed by atoms with Crippen molar-refractivity contribution in [2.75, 3.05) is 6.54 Å². The number of amidine groups is 1. The molecule has 0 radical (unpaired) electrons. The first kappa shape index (κ1) is 17.7. The minimum atomic E-state index is -3.75. The van der Waals surface area contributed by atoms with E-state index < -0.39 is 27.9 Å². The molecule has 2 aliphatic rings. The predicted molar refractivity (Wildman–Crippen MR) is 96.1 cm³/mol. The summed E-state index contributed by atoms with van der Waals surface area (Å²) in [6.45, 7) is 0.477. The Kier molecular flexibility index (Phi) is 4.43. The van der Waals surface area contributed by atoms with Gasteiger partial charge in [0.25, 0.3) is 10.0 Å². The lowest BCUT2D eigenvalue weighted by molar-refractivity contribution is -0.149. The Morgan fingerprint density at radius 3 is 2.85 bits per heavy atom. The Bertz CT molecular complexity index is 1040. The van der Waals surface area contributed by atoms with Crippen molar-refractivity contribution in [1.29, 1.82) is 0 Å². The second-order valence-electron chi connectivity index (χ2n) is 6.48. The summed E-state index contributed by atoms with van der Waals surface area (Å²) in [6.07, 6.45) is 1.27. The van der Waals surface area contributed by atoms with Gasteiger partial charge in [-0.2, -0.15) is 8.42 Å². The number of halogens is 1. The third-order valence-corrected chi connectivity index (χ3v) is 6.00. The summed E-state index contributed by atoms with van der Waals surface area (Å²) in [5.41, 5.74) is 1.06. The fourth-order valence-corrected chi connectivity index (χ4v) is 4.66. The lowest BCUT2D eigenvalue weighted by Gasteiger charge is -2.25. The minimum Gasteiger partial charge on any atom is -0.459 e. The molecule has 2 heterocycles. The quantitative estimate of drug-likeness (QED) is 0.755. The Balaban J connectivity index is 1.54. The van der Waals surface area contributed by atoms with E-state index in [9.17, 15) is 17.6 Å². The Hall–Kier alpha value is -2.74. The average molecular weight is 388 g/mol. The zero-order chi connectivity index (χ0) is 19.0. The highest BCUT2D eigenvalue weighted by molar-refractivity contribution is 7.90. The lowest BCUT2D eigenvalue weighted by atomic mass is 10.1. The number of likely N-dealkylation sites (tertiary alicyclic amines) is 1. The molecule has 1 atom stereocenters. The van der Waals surface area contributed by atoms with Crippen LogP contribution in [0.2, 0.25) is 0 Å². The van der Waals surface area contributed by atoms with Crippen molar-refractivity contribution in [3.05, 3.63) is 65.5 Å². The SMILES string of the molecule is O=C(OCc1cccc(F)c1)[C@@H]1CCCN1C1=NS(=O)(=O)c2ccccc21. The van der Waals surface area contributed by atoms with E-state index in [0.717, 1.165) is 6.42 Å². The molecule has 4 rings (SSSR count). The zero-order valence-corrected chi connectivity index (χ0v) is 15.2. The maximum Gasteiger partial charge on any atom is 0.329 e. The molecule has 0 aliphatic carbocycles. The van der Waals surface area contributed by atoms with Crippen LogP contribution in [0.5, 0.6) is 0 Å². The van der Waals surface area contributed by atoms with Gasteiger partial charge >= 0.3 is 5.97 Å². The van der Waals surface area contributed by atoms with Crippen LogP contribution in [-0.2, 0) is 26.2 Å². The molecule has 0 N–H and O–H groups in total. The van der Waals surface area contributed by atoms with Gasteiger partial charge in [0.05, 0.1) is 0 Å². The maximum atomic E-state index is 13.3. The van der Waals surface area contributed by atoms with Crippen molar-refractivity contribution in [3.8, 4) is 0 Å². The highest BCUT2D eigenvalue weighted by atomic mass is 32.2. The molecular formula is C19H17FN2O4S. The number of carbonyl (C=O) groups is 1. The van der Waals surface area contributed by atoms with Gasteiger partial charge in [0.1, 0.15) is 23.4 Å². The van der Waals surface area contributed by atoms with Crippen molar-refractivity contribution >= 4 is 21.8 Å². The first-order valence-corrected chi connectivity index (χ1v) is 10.0. The fourth-order valence-electron chi connectivity index (χ4n) is 3.44. The van der Waals surface area contributed by atoms with Crippen LogP contribution in [0.4, 0.5) is 4.39 Å². The third-order valence-electron chi connectivity index (χ3n) is 4.68. The largest absolute Gasteiger partial charge is 0.459 e. The molecule has 8 heteroatoms. The number of rotatable bonds is 3. The van der Waals surface area contributed by atoms with E-state index in [1.165, 1.54) is 18.2 Å². The summed E-state index contributed by atoms with van der Waals surface area (Å²) in [5.74, 6) is -0.579. The summed E-state index contributed by atoms with van der Waals surface area (Å²) in [4.78, 5) is 14.4. The van der Waals surface area contributed by atoms with Gasteiger partial charge in [-0.05, 0) is 42.7 Å². The van der Waals surface area contributed by atoms with Gasteiger partial charge < -0.3 is 9.64 Å². The molecular weight excluding hydrogens is 371 g/mol. The Morgan fingerprint density at radius 1 is 1.22 bits per heavy atom. The maximum absolute atomic E-state index is 13.3. The van der Waals surface area contributed by atoms with Crippen molar-refractivity contribution in [2.24, 2.45) is 4.40 Å². The summed E-state index contributed by atoms with van der Waals surface area (Å²) in [6, 6.07) is 11.8. The van der Waals surface area contributed by atoms with Crippen LogP contribution in [0, 0.1) is 5.82 Å². The van der Waals surface area contributed by atoms with E-state index in [1.54, 1.807) is 35.2 Å². The van der Waals surface area contributed by atoms with Crippen molar-refractivity contribution < 1.29 is 22.3 Å². The first-order chi connectivity index (χ1) is 13.0. The summed E-state index contributed by atoms with van der Waals surface area (Å²) in [7, 11) is -3.75. The predicted octanol–water partition coefficient (Wildman–Crippen LogP) is 2.48. The first-order valence-electron chi connectivity index (χ1n) is 8.58. The molecule has 0 amide bonds. The van der Waals surface area contributed by atoms with E-state index >= 15 is 0 Å². The van der Waals surface area contributed by atoms with Crippen LogP contribution in [0.15, 0.2) is 57.8 Å². The van der Waals surface area contributed by atoms with E-state index in [2.05, 4.69) is 4.40 Å². The van der Waals surface area contributed by atoms with Crippen molar-refractivity contribution in [2.45, 2.75) is 30.4 Å². The topological polar surface area (TPSA) is 76.0 Å². The van der Waals surface area contributed by atoms with Crippen LogP contribution >= 0.6 is 0 Å². The smallest absolute Gasteiger partial charge is 0.329 e. The van der Waals surface area contributed by atoms with Gasteiger partial charge in [0.2, 0.25) is 0 Å². The highest BCUT2D eigenvalue weighted by Crippen LogP contribution is 2.31. The highest BCUT2D eigenvalue weighted by Gasteiger charge is 2.39. The normalized spacial score (nSPS) is 20.3. The number of nitrogens with zero attached hydrogens (tertiary/aromatic N) is 2. The number of ether oxygens (including phenoxy) is 1. The molecule has 27 heavy (non-hydrogen) atoms. The van der Waals surface area contributed by atoms with E-state index in [0.29, 0.717) is 24.1 Å². The van der Waals surface area contributed by atoms with Gasteiger partial charge in [0, 0.05) is 12.1 Å². The Morgan fingerprint density at radius 2 is 2.04 bits per heavy atom. The minimum absolute atomic E-state index is 0.0394. The van der Waals surface area contributed by atoms with E-state index in [-0.39, 0.29) is 17.3 Å². The molecule has 140 valence electrons. The number of fused-ring (bicyclic) bond motifs is 1. The molecule has 1 saturated heterocycles. The van der Waals surface area contributed by atoms with E-state index in [1.807, 2.05) is 0 Å². The lowest BCUT2D eigenvalue weighted by Crippen LogP contribution is -2.41. The fraction of sp³-hybridized carbons (Fsp3) is 0.263. The van der Waals surface area contributed by atoms with E-state index in [4.69, 9.17) is 4.74 Å². The van der Waals surface area contributed by atoms with Crippen LogP contribution in [0.3, 0.4) is 0 Å². The number of benzene rings is 2. The molecule has 2 aromatic carbocycles. The summed E-state index contributed by atoms with van der Waals surface area (Å²) >= 11 is 0. The van der Waals surface area contributed by atoms with Gasteiger partial charge in [-0.15, -0.1) is 4.40 Å². The van der Waals surface area contributed by atoms with Gasteiger partial charge in [-0.25, -0.2) is 9.18 Å². The van der Waals surface area contributed by atoms with Crippen LogP contribution in [0.1, 0.15) is 24.0 Å². The monoisotopic (exact) mass is 388 g/mol. The number of esters is 1. The molecule has 0 unspecified atom stereocenters. The molecule has 1 fully saturated rings. The second kappa shape index (κ2) is 6.77. The second-order valence-corrected chi connectivity index (χ2v) is 8.05. The average Bonchev–Trinajstić information content (AvgIpc) is 3.23. The molecule has 2 aromatic rings. The van der Waals surface area contributed by atoms with Crippen molar-refractivity contribution in [3.63, 3.8) is 0 Å². The molecule has 0 saturated carbocycles. The third kappa shape index (κ3) is 3.32. The van der Waals surface area contributed by atoms with Crippen LogP contribution < -0.4 is 0 Å². The standard InChI is InChI=1S/C19H17FN2O4S/c20-14-6-3-5-13(11-14)12-26-19(23)16-8-4-10-22(16)18-15-7-1-2-9-17(15)27(24,25)21-18/h1-3,5-7,9,11,16H,4,8,10,12H2/t16-/m0/s1.